The van der Waals surface area contributed by atoms with E-state index in [1.165, 1.54) is 11.3 Å². The number of nitrogens with zero attached hydrogens (tertiary/aromatic N) is 2. The van der Waals surface area contributed by atoms with E-state index in [1.807, 2.05) is 12.3 Å². The molecule has 0 radical (unpaired) electrons. The lowest BCUT2D eigenvalue weighted by atomic mass is 10.2. The molecule has 0 fully saturated rings. The number of hydrogen-bond acceptors (Lipinski definition) is 1. The molecule has 0 atom stereocenters. The number of pyridine rings is 1. The molecule has 0 unspecified atom stereocenters. The molecule has 2 heterocycles. The highest BCUT2D eigenvalue weighted by molar-refractivity contribution is 5.62. The van der Waals surface area contributed by atoms with E-state index < -0.39 is 0 Å². The molecule has 0 bridgehead atoms. The van der Waals surface area contributed by atoms with E-state index in [2.05, 4.69) is 43.5 Å². The zero-order chi connectivity index (χ0) is 9.31. The Kier molecular flexibility index (Phi) is 1.78. The van der Waals surface area contributed by atoms with Crippen LogP contribution in [0.15, 0.2) is 42.9 Å². The molecule has 2 rings (SSSR count). The van der Waals surface area contributed by atoms with Crippen LogP contribution in [-0.2, 0) is 0 Å². The number of hydrogen-bond donors (Lipinski definition) is 0. The van der Waals surface area contributed by atoms with Crippen molar-refractivity contribution in [2.75, 3.05) is 14.1 Å². The molecule has 0 amide bonds. The lowest BCUT2D eigenvalue weighted by molar-refractivity contribution is -0.760. The smallest absolute Gasteiger partial charge is 0.146 e. The minimum Gasteiger partial charge on any atom is -0.269 e. The summed E-state index contributed by atoms with van der Waals surface area (Å²) in [6.45, 7) is 0. The SMILES string of the molecule is C[N+]1(C)C=CC=C1c1cccnc1. The first-order valence-corrected chi connectivity index (χ1v) is 4.34. The van der Waals surface area contributed by atoms with Gasteiger partial charge in [-0.1, -0.05) is 0 Å². The van der Waals surface area contributed by atoms with Crippen molar-refractivity contribution in [2.45, 2.75) is 0 Å². The van der Waals surface area contributed by atoms with Crippen molar-refractivity contribution in [3.63, 3.8) is 0 Å². The number of allylic oxidation sites excluding steroid dienone is 2. The van der Waals surface area contributed by atoms with Crippen molar-refractivity contribution in [3.05, 3.63) is 48.4 Å². The molecule has 0 aliphatic carbocycles. The molecule has 0 saturated carbocycles. The fraction of sp³-hybridized carbons (Fsp3) is 0.182. The van der Waals surface area contributed by atoms with E-state index in [1.54, 1.807) is 6.20 Å². The first kappa shape index (κ1) is 8.20. The van der Waals surface area contributed by atoms with Gasteiger partial charge in [0.05, 0.1) is 19.7 Å². The second kappa shape index (κ2) is 2.82. The average Bonchev–Trinajstić information content (AvgIpc) is 2.47. The van der Waals surface area contributed by atoms with Gasteiger partial charge in [-0.25, -0.2) is 0 Å². The van der Waals surface area contributed by atoms with Crippen molar-refractivity contribution in [1.82, 2.24) is 4.98 Å². The Hall–Kier alpha value is -1.41. The lowest BCUT2D eigenvalue weighted by Crippen LogP contribution is -2.28. The number of aromatic nitrogens is 1. The third kappa shape index (κ3) is 1.40. The van der Waals surface area contributed by atoms with Crippen LogP contribution in [0.25, 0.3) is 5.70 Å². The van der Waals surface area contributed by atoms with Gasteiger partial charge in [0.15, 0.2) is 0 Å². The normalized spacial score (nSPS) is 18.8. The van der Waals surface area contributed by atoms with Gasteiger partial charge in [0.1, 0.15) is 11.9 Å². The summed E-state index contributed by atoms with van der Waals surface area (Å²) < 4.78 is 0.797. The van der Waals surface area contributed by atoms with Crippen LogP contribution in [0.1, 0.15) is 5.56 Å². The third-order valence-electron chi connectivity index (χ3n) is 2.29. The predicted molar refractivity (Wildman–Crippen MR) is 53.5 cm³/mol. The Morgan fingerprint density at radius 3 is 2.69 bits per heavy atom. The van der Waals surface area contributed by atoms with Gasteiger partial charge in [-0.15, -0.1) is 0 Å². The van der Waals surface area contributed by atoms with Crippen LogP contribution in [0.2, 0.25) is 0 Å². The van der Waals surface area contributed by atoms with Crippen LogP contribution in [0.3, 0.4) is 0 Å². The molecule has 1 aliphatic heterocycles. The monoisotopic (exact) mass is 173 g/mol. The summed E-state index contributed by atoms with van der Waals surface area (Å²) in [5.41, 5.74) is 2.48. The van der Waals surface area contributed by atoms with Gasteiger partial charge in [0, 0.05) is 18.5 Å². The molecule has 0 saturated heterocycles. The Bertz CT molecular complexity index is 361. The quantitative estimate of drug-likeness (QED) is 0.592. The highest BCUT2D eigenvalue weighted by Crippen LogP contribution is 2.27. The van der Waals surface area contributed by atoms with E-state index in [4.69, 9.17) is 0 Å². The van der Waals surface area contributed by atoms with Gasteiger partial charge in [-0.05, 0) is 18.2 Å². The Morgan fingerprint density at radius 2 is 2.15 bits per heavy atom. The molecule has 66 valence electrons. The van der Waals surface area contributed by atoms with E-state index in [-0.39, 0.29) is 0 Å². The fourth-order valence-corrected chi connectivity index (χ4v) is 1.56. The maximum Gasteiger partial charge on any atom is 0.146 e. The van der Waals surface area contributed by atoms with Crippen LogP contribution in [0, 0.1) is 0 Å². The first-order chi connectivity index (χ1) is 6.20. The number of rotatable bonds is 1. The summed E-state index contributed by atoms with van der Waals surface area (Å²) in [7, 11) is 4.31. The molecule has 1 aromatic heterocycles. The van der Waals surface area contributed by atoms with Gasteiger partial charge in [0.25, 0.3) is 0 Å². The molecule has 0 N–H and O–H groups in total. The molecule has 13 heavy (non-hydrogen) atoms. The minimum absolute atomic E-state index is 0.797. The molecule has 1 aliphatic rings. The second-order valence-electron chi connectivity index (χ2n) is 3.68. The van der Waals surface area contributed by atoms with Gasteiger partial charge in [-0.3, -0.25) is 9.47 Å². The Morgan fingerprint density at radius 1 is 1.31 bits per heavy atom. The van der Waals surface area contributed by atoms with Gasteiger partial charge in [0.2, 0.25) is 0 Å². The minimum atomic E-state index is 0.797. The summed E-state index contributed by atoms with van der Waals surface area (Å²) in [4.78, 5) is 4.12. The lowest BCUT2D eigenvalue weighted by Gasteiger charge is -2.23. The maximum atomic E-state index is 4.12. The van der Waals surface area contributed by atoms with Crippen LogP contribution >= 0.6 is 0 Å². The summed E-state index contributed by atoms with van der Waals surface area (Å²) >= 11 is 0. The van der Waals surface area contributed by atoms with Crippen molar-refractivity contribution in [3.8, 4) is 0 Å². The van der Waals surface area contributed by atoms with E-state index in [0.29, 0.717) is 0 Å². The summed E-state index contributed by atoms with van der Waals surface area (Å²) in [5.74, 6) is 0. The topological polar surface area (TPSA) is 12.9 Å². The largest absolute Gasteiger partial charge is 0.269 e. The van der Waals surface area contributed by atoms with Crippen LogP contribution in [-0.4, -0.2) is 23.6 Å². The fourth-order valence-electron chi connectivity index (χ4n) is 1.56. The summed E-state index contributed by atoms with van der Waals surface area (Å²) in [6, 6.07) is 4.06. The van der Waals surface area contributed by atoms with Gasteiger partial charge < -0.3 is 0 Å². The third-order valence-corrected chi connectivity index (χ3v) is 2.29. The molecular formula is C11H13N2+. The number of quaternary nitrogens is 1. The van der Waals surface area contributed by atoms with Crippen LogP contribution < -0.4 is 0 Å². The molecule has 0 aromatic carbocycles. The highest BCUT2D eigenvalue weighted by atomic mass is 15.3. The maximum absolute atomic E-state index is 4.12. The van der Waals surface area contributed by atoms with E-state index in [9.17, 15) is 0 Å². The summed E-state index contributed by atoms with van der Waals surface area (Å²) in [6.07, 6.45) is 10.1. The van der Waals surface area contributed by atoms with Crippen molar-refractivity contribution >= 4 is 5.70 Å². The highest BCUT2D eigenvalue weighted by Gasteiger charge is 2.24. The Balaban J connectivity index is 2.40. The van der Waals surface area contributed by atoms with Crippen LogP contribution in [0.4, 0.5) is 0 Å². The predicted octanol–water partition coefficient (Wildman–Crippen LogP) is 2.03. The molecular weight excluding hydrogens is 160 g/mol. The second-order valence-corrected chi connectivity index (χ2v) is 3.68. The molecule has 2 heteroatoms. The average molecular weight is 173 g/mol. The van der Waals surface area contributed by atoms with Crippen molar-refractivity contribution < 1.29 is 4.48 Å². The standard InChI is InChI=1S/C11H13N2/c1-13(2)8-4-6-11(13)10-5-3-7-12-9-10/h3-9H,1-2H3/q+1. The van der Waals surface area contributed by atoms with Crippen LogP contribution in [0.5, 0.6) is 0 Å². The zero-order valence-corrected chi connectivity index (χ0v) is 7.94. The molecule has 2 nitrogen and oxygen atoms in total. The van der Waals surface area contributed by atoms with Crippen molar-refractivity contribution in [2.24, 2.45) is 0 Å². The van der Waals surface area contributed by atoms with Gasteiger partial charge >= 0.3 is 0 Å². The van der Waals surface area contributed by atoms with E-state index in [0.717, 1.165) is 4.48 Å². The summed E-state index contributed by atoms with van der Waals surface area (Å²) in [5, 5.41) is 0. The van der Waals surface area contributed by atoms with Crippen molar-refractivity contribution in [1.29, 1.82) is 0 Å². The molecule has 1 aromatic rings. The van der Waals surface area contributed by atoms with Gasteiger partial charge in [-0.2, -0.15) is 0 Å². The Labute approximate surface area is 78.4 Å². The first-order valence-electron chi connectivity index (χ1n) is 4.34. The van der Waals surface area contributed by atoms with E-state index >= 15 is 0 Å². The molecule has 0 spiro atoms. The zero-order valence-electron chi connectivity index (χ0n) is 7.94.